The van der Waals surface area contributed by atoms with E-state index in [1.54, 1.807) is 7.11 Å². The minimum Gasteiger partial charge on any atom is -0.490 e. The summed E-state index contributed by atoms with van der Waals surface area (Å²) in [5.41, 5.74) is 1.20. The van der Waals surface area contributed by atoms with Crippen LogP contribution in [0.25, 0.3) is 10.9 Å². The van der Waals surface area contributed by atoms with Crippen LogP contribution in [-0.2, 0) is 11.3 Å². The number of hydrogen-bond acceptors (Lipinski definition) is 4. The number of nitrogens with zero attached hydrogens (tertiary/aromatic N) is 2. The van der Waals surface area contributed by atoms with Gasteiger partial charge in [0.1, 0.15) is 11.9 Å². The van der Waals surface area contributed by atoms with Gasteiger partial charge in [0, 0.05) is 44.4 Å². The quantitative estimate of drug-likeness (QED) is 0.875. The van der Waals surface area contributed by atoms with Crippen LogP contribution in [0.4, 0.5) is 0 Å². The highest BCUT2D eigenvalue weighted by molar-refractivity contribution is 5.86. The molecule has 2 heterocycles. The van der Waals surface area contributed by atoms with E-state index in [1.807, 2.05) is 0 Å². The first kappa shape index (κ1) is 16.9. The van der Waals surface area contributed by atoms with E-state index in [2.05, 4.69) is 39.9 Å². The zero-order valence-electron chi connectivity index (χ0n) is 14.9. The molecule has 1 aromatic carbocycles. The predicted octanol–water partition coefficient (Wildman–Crippen LogP) is 2.65. The van der Waals surface area contributed by atoms with Gasteiger partial charge in [-0.1, -0.05) is 6.07 Å². The lowest BCUT2D eigenvalue weighted by molar-refractivity contribution is -0.0406. The van der Waals surface area contributed by atoms with Gasteiger partial charge in [0.15, 0.2) is 0 Å². The Labute approximate surface area is 149 Å². The summed E-state index contributed by atoms with van der Waals surface area (Å²) >= 11 is 0. The molecule has 136 valence electrons. The summed E-state index contributed by atoms with van der Waals surface area (Å²) in [4.78, 5) is 2.44. The Hall–Kier alpha value is -1.56. The molecule has 1 saturated carbocycles. The molecule has 0 bridgehead atoms. The first-order chi connectivity index (χ1) is 12.3. The molecule has 5 nitrogen and oxygen atoms in total. The molecule has 0 radical (unpaired) electrons. The van der Waals surface area contributed by atoms with E-state index >= 15 is 0 Å². The summed E-state index contributed by atoms with van der Waals surface area (Å²) in [6, 6.07) is 8.81. The van der Waals surface area contributed by atoms with Gasteiger partial charge >= 0.3 is 0 Å². The van der Waals surface area contributed by atoms with E-state index in [0.717, 1.165) is 51.1 Å². The van der Waals surface area contributed by atoms with Crippen LogP contribution in [-0.4, -0.2) is 59.6 Å². The molecule has 1 aliphatic heterocycles. The third-order valence-corrected chi connectivity index (χ3v) is 5.75. The minimum atomic E-state index is -0.113. The molecule has 4 rings (SSSR count). The van der Waals surface area contributed by atoms with Gasteiger partial charge in [0.05, 0.1) is 18.2 Å². The lowest BCUT2D eigenvalue weighted by Gasteiger charge is -2.44. The number of rotatable bonds is 6. The summed E-state index contributed by atoms with van der Waals surface area (Å²) in [6.45, 7) is 3.61. The van der Waals surface area contributed by atoms with Crippen LogP contribution in [0.3, 0.4) is 0 Å². The van der Waals surface area contributed by atoms with Gasteiger partial charge in [0.25, 0.3) is 0 Å². The summed E-state index contributed by atoms with van der Waals surface area (Å²) in [5.74, 6) is 0.982. The van der Waals surface area contributed by atoms with E-state index < -0.39 is 0 Å². The molecule has 2 atom stereocenters. The fourth-order valence-electron chi connectivity index (χ4n) is 4.08. The monoisotopic (exact) mass is 344 g/mol. The smallest absolute Gasteiger partial charge is 0.129 e. The normalized spacial score (nSPS) is 25.2. The van der Waals surface area contributed by atoms with E-state index in [0.29, 0.717) is 12.6 Å². The average molecular weight is 344 g/mol. The molecule has 5 heteroatoms. The van der Waals surface area contributed by atoms with Crippen LogP contribution in [0.5, 0.6) is 5.75 Å². The molecular formula is C20H28N2O3. The number of hydrogen-bond donors (Lipinski definition) is 1. The summed E-state index contributed by atoms with van der Waals surface area (Å²) in [6.07, 6.45) is 6.43. The Balaban J connectivity index is 1.40. The van der Waals surface area contributed by atoms with Gasteiger partial charge in [-0.2, -0.15) is 0 Å². The highest BCUT2D eigenvalue weighted by Gasteiger charge is 2.36. The third-order valence-electron chi connectivity index (χ3n) is 5.75. The van der Waals surface area contributed by atoms with E-state index in [9.17, 15) is 5.11 Å². The maximum absolute atomic E-state index is 9.86. The zero-order valence-corrected chi connectivity index (χ0v) is 14.9. The van der Waals surface area contributed by atoms with Crippen molar-refractivity contribution in [3.05, 3.63) is 30.5 Å². The number of aliphatic hydroxyl groups is 1. The van der Waals surface area contributed by atoms with Gasteiger partial charge in [-0.25, -0.2) is 0 Å². The molecule has 0 spiro atoms. The fraction of sp³-hybridized carbons (Fsp3) is 0.600. The summed E-state index contributed by atoms with van der Waals surface area (Å²) < 4.78 is 13.8. The van der Waals surface area contributed by atoms with Gasteiger partial charge in [-0.05, 0) is 43.9 Å². The van der Waals surface area contributed by atoms with E-state index in [1.165, 1.54) is 10.9 Å². The number of aromatic nitrogens is 1. The van der Waals surface area contributed by atoms with Gasteiger partial charge < -0.3 is 19.1 Å². The van der Waals surface area contributed by atoms with Crippen molar-refractivity contribution in [1.82, 2.24) is 9.47 Å². The molecule has 1 aromatic heterocycles. The number of methoxy groups -OCH3 is 1. The average Bonchev–Trinajstić information content (AvgIpc) is 3.04. The molecule has 25 heavy (non-hydrogen) atoms. The molecule has 1 aliphatic carbocycles. The van der Waals surface area contributed by atoms with Crippen molar-refractivity contribution < 1.29 is 14.6 Å². The number of benzene rings is 1. The van der Waals surface area contributed by atoms with Crippen molar-refractivity contribution >= 4 is 10.9 Å². The van der Waals surface area contributed by atoms with Crippen LogP contribution in [0.2, 0.25) is 0 Å². The number of fused-ring (bicyclic) bond motifs is 1. The first-order valence-electron chi connectivity index (χ1n) is 9.42. The van der Waals surface area contributed by atoms with Crippen LogP contribution >= 0.6 is 0 Å². The molecule has 0 amide bonds. The molecule has 1 saturated heterocycles. The van der Waals surface area contributed by atoms with Crippen LogP contribution in [0.1, 0.15) is 25.7 Å². The third kappa shape index (κ3) is 3.41. The fourth-order valence-corrected chi connectivity index (χ4v) is 4.08. The highest BCUT2D eigenvalue weighted by Crippen LogP contribution is 2.31. The lowest BCUT2D eigenvalue weighted by atomic mass is 9.86. The molecule has 2 aromatic rings. The van der Waals surface area contributed by atoms with Crippen molar-refractivity contribution in [2.24, 2.45) is 0 Å². The number of piperidine rings is 1. The van der Waals surface area contributed by atoms with E-state index in [-0.39, 0.29) is 12.2 Å². The Kier molecular flexibility index (Phi) is 4.97. The molecular weight excluding hydrogens is 316 g/mol. The Bertz CT molecular complexity index is 706. The molecule has 2 aliphatic rings. The topological polar surface area (TPSA) is 46.9 Å². The Morgan fingerprint density at radius 2 is 1.96 bits per heavy atom. The van der Waals surface area contributed by atoms with Crippen molar-refractivity contribution in [1.29, 1.82) is 0 Å². The lowest BCUT2D eigenvalue weighted by Crippen LogP contribution is -2.54. The second-order valence-electron chi connectivity index (χ2n) is 7.26. The molecule has 2 fully saturated rings. The first-order valence-corrected chi connectivity index (χ1v) is 9.42. The highest BCUT2D eigenvalue weighted by atomic mass is 16.5. The SMILES string of the molecule is COCCn1ccc2c(OC3CCN(C4CCC4O)CC3)cccc21. The maximum atomic E-state index is 9.86. The molecule has 2 unspecified atom stereocenters. The summed E-state index contributed by atoms with van der Waals surface area (Å²) in [5, 5.41) is 11.0. The van der Waals surface area contributed by atoms with Crippen molar-refractivity contribution in [2.45, 2.75) is 50.5 Å². The van der Waals surface area contributed by atoms with Gasteiger partial charge in [-0.3, -0.25) is 4.90 Å². The Morgan fingerprint density at radius 1 is 1.12 bits per heavy atom. The standard InChI is InChI=1S/C20H28N2O3/c1-24-14-13-22-12-9-16-17(22)3-2-4-20(16)25-15-7-10-21(11-8-15)18-5-6-19(18)23/h2-4,9,12,15,18-19,23H,5-8,10-11,13-14H2,1H3. The number of likely N-dealkylation sites (tertiary alicyclic amines) is 1. The largest absolute Gasteiger partial charge is 0.490 e. The number of ether oxygens (including phenoxy) is 2. The second-order valence-corrected chi connectivity index (χ2v) is 7.26. The minimum absolute atomic E-state index is 0.113. The van der Waals surface area contributed by atoms with Crippen LogP contribution in [0, 0.1) is 0 Å². The van der Waals surface area contributed by atoms with Gasteiger partial charge in [0.2, 0.25) is 0 Å². The Morgan fingerprint density at radius 3 is 2.64 bits per heavy atom. The zero-order chi connectivity index (χ0) is 17.2. The van der Waals surface area contributed by atoms with E-state index in [4.69, 9.17) is 9.47 Å². The predicted molar refractivity (Wildman–Crippen MR) is 98.1 cm³/mol. The van der Waals surface area contributed by atoms with Crippen molar-refractivity contribution in [3.63, 3.8) is 0 Å². The second kappa shape index (κ2) is 7.36. The molecule has 1 N–H and O–H groups in total. The van der Waals surface area contributed by atoms with Crippen LogP contribution < -0.4 is 4.74 Å². The van der Waals surface area contributed by atoms with Crippen LogP contribution in [0.15, 0.2) is 30.5 Å². The van der Waals surface area contributed by atoms with Gasteiger partial charge in [-0.15, -0.1) is 0 Å². The van der Waals surface area contributed by atoms with Crippen molar-refractivity contribution in [3.8, 4) is 5.75 Å². The summed E-state index contributed by atoms with van der Waals surface area (Å²) in [7, 11) is 1.73. The maximum Gasteiger partial charge on any atom is 0.129 e. The van der Waals surface area contributed by atoms with Crippen molar-refractivity contribution in [2.75, 3.05) is 26.8 Å². The number of aliphatic hydroxyl groups excluding tert-OH is 1.